The first-order chi connectivity index (χ1) is 15.7. The van der Waals surface area contributed by atoms with Gasteiger partial charge in [-0.25, -0.2) is 0 Å². The number of hydrogen-bond donors (Lipinski definition) is 1. The highest BCUT2D eigenvalue weighted by molar-refractivity contribution is 6.33. The molecule has 2 aliphatic rings. The second-order valence-corrected chi connectivity index (χ2v) is 8.30. The SMILES string of the molecule is O=C(Nc1ccc2c(c1)OCCO2)C1CCN(Cc2nc(-c3ccccc3Cl)no2)CC1. The van der Waals surface area contributed by atoms with Crippen molar-refractivity contribution in [3.8, 4) is 22.9 Å². The van der Waals surface area contributed by atoms with E-state index in [-0.39, 0.29) is 11.8 Å². The molecule has 8 nitrogen and oxygen atoms in total. The van der Waals surface area contributed by atoms with Gasteiger partial charge in [0.25, 0.3) is 0 Å². The first kappa shape index (κ1) is 20.8. The van der Waals surface area contributed by atoms with Gasteiger partial charge in [-0.1, -0.05) is 28.9 Å². The summed E-state index contributed by atoms with van der Waals surface area (Å²) in [6, 6.07) is 12.9. The highest BCUT2D eigenvalue weighted by Gasteiger charge is 2.26. The Bertz CT molecular complexity index is 1110. The number of anilines is 1. The van der Waals surface area contributed by atoms with E-state index in [0.717, 1.165) is 37.2 Å². The number of aromatic nitrogens is 2. The number of amides is 1. The van der Waals surface area contributed by atoms with Crippen LogP contribution in [0.2, 0.25) is 5.02 Å². The summed E-state index contributed by atoms with van der Waals surface area (Å²) >= 11 is 6.22. The minimum atomic E-state index is -0.0409. The maximum absolute atomic E-state index is 12.7. The molecule has 1 N–H and O–H groups in total. The Balaban J connectivity index is 1.14. The van der Waals surface area contributed by atoms with Crippen molar-refractivity contribution in [2.75, 3.05) is 31.6 Å². The molecule has 1 amide bonds. The number of halogens is 1. The second kappa shape index (κ2) is 9.18. The highest BCUT2D eigenvalue weighted by atomic mass is 35.5. The first-order valence-electron chi connectivity index (χ1n) is 10.7. The molecular formula is C23H23ClN4O4. The van der Waals surface area contributed by atoms with Crippen LogP contribution in [0.25, 0.3) is 11.4 Å². The number of piperidine rings is 1. The van der Waals surface area contributed by atoms with Crippen molar-refractivity contribution in [2.45, 2.75) is 19.4 Å². The van der Waals surface area contributed by atoms with Crippen molar-refractivity contribution in [3.63, 3.8) is 0 Å². The van der Waals surface area contributed by atoms with Crippen LogP contribution < -0.4 is 14.8 Å². The number of ether oxygens (including phenoxy) is 2. The predicted octanol–water partition coefficient (Wildman–Crippen LogP) is 4.01. The fourth-order valence-corrected chi connectivity index (χ4v) is 4.20. The molecule has 0 saturated carbocycles. The molecular weight excluding hydrogens is 432 g/mol. The van der Waals surface area contributed by atoms with E-state index in [0.29, 0.717) is 48.0 Å². The van der Waals surface area contributed by atoms with Crippen molar-refractivity contribution < 1.29 is 18.8 Å². The van der Waals surface area contributed by atoms with Crippen LogP contribution in [0.1, 0.15) is 18.7 Å². The van der Waals surface area contributed by atoms with Crippen molar-refractivity contribution in [3.05, 3.63) is 53.4 Å². The normalized spacial score (nSPS) is 16.7. The Hall–Kier alpha value is -3.10. The smallest absolute Gasteiger partial charge is 0.241 e. The van der Waals surface area contributed by atoms with Gasteiger partial charge in [0.05, 0.1) is 11.6 Å². The quantitative estimate of drug-likeness (QED) is 0.622. The number of nitrogens with zero attached hydrogens (tertiary/aromatic N) is 3. The van der Waals surface area contributed by atoms with E-state index in [1.165, 1.54) is 0 Å². The molecule has 2 aromatic carbocycles. The number of fused-ring (bicyclic) bond motifs is 1. The highest BCUT2D eigenvalue weighted by Crippen LogP contribution is 2.33. The molecule has 3 heterocycles. The lowest BCUT2D eigenvalue weighted by molar-refractivity contribution is -0.121. The van der Waals surface area contributed by atoms with Crippen molar-refractivity contribution in [2.24, 2.45) is 5.92 Å². The largest absolute Gasteiger partial charge is 0.486 e. The zero-order valence-corrected chi connectivity index (χ0v) is 18.2. The summed E-state index contributed by atoms with van der Waals surface area (Å²) in [4.78, 5) is 19.4. The van der Waals surface area contributed by atoms with Crippen LogP contribution in [0.5, 0.6) is 11.5 Å². The van der Waals surface area contributed by atoms with Gasteiger partial charge in [-0.3, -0.25) is 9.69 Å². The Morgan fingerprint density at radius 2 is 1.88 bits per heavy atom. The van der Waals surface area contributed by atoms with Crippen LogP contribution in [0.3, 0.4) is 0 Å². The molecule has 0 atom stereocenters. The second-order valence-electron chi connectivity index (χ2n) is 7.89. The summed E-state index contributed by atoms with van der Waals surface area (Å²) in [5, 5.41) is 7.65. The number of hydrogen-bond acceptors (Lipinski definition) is 7. The molecule has 0 radical (unpaired) electrons. The van der Waals surface area contributed by atoms with Gasteiger partial charge in [0.15, 0.2) is 11.5 Å². The Morgan fingerprint density at radius 1 is 1.09 bits per heavy atom. The molecule has 1 saturated heterocycles. The summed E-state index contributed by atoms with van der Waals surface area (Å²) in [6.07, 6.45) is 1.53. The average Bonchev–Trinajstić information content (AvgIpc) is 3.28. The lowest BCUT2D eigenvalue weighted by Gasteiger charge is -2.30. The van der Waals surface area contributed by atoms with Gasteiger partial charge in [0.1, 0.15) is 13.2 Å². The number of carbonyl (C=O) groups excluding carboxylic acids is 1. The lowest BCUT2D eigenvalue weighted by atomic mass is 9.96. The summed E-state index contributed by atoms with van der Waals surface area (Å²) < 4.78 is 16.5. The summed E-state index contributed by atoms with van der Waals surface area (Å²) in [6.45, 7) is 3.17. The van der Waals surface area contributed by atoms with Crippen LogP contribution in [-0.4, -0.2) is 47.3 Å². The number of nitrogens with one attached hydrogen (secondary N) is 1. The van der Waals surface area contributed by atoms with E-state index in [4.69, 9.17) is 25.6 Å². The molecule has 32 heavy (non-hydrogen) atoms. The van der Waals surface area contributed by atoms with Gasteiger partial charge >= 0.3 is 0 Å². The van der Waals surface area contributed by atoms with E-state index < -0.39 is 0 Å². The first-order valence-corrected chi connectivity index (χ1v) is 11.0. The van der Waals surface area contributed by atoms with Gasteiger partial charge in [-0.2, -0.15) is 4.98 Å². The van der Waals surface area contributed by atoms with Gasteiger partial charge in [-0.15, -0.1) is 0 Å². The van der Waals surface area contributed by atoms with Gasteiger partial charge in [-0.05, 0) is 50.2 Å². The number of benzene rings is 2. The van der Waals surface area contributed by atoms with Gasteiger partial charge in [0, 0.05) is 23.2 Å². The molecule has 3 aromatic rings. The van der Waals surface area contributed by atoms with E-state index in [1.807, 2.05) is 36.4 Å². The van der Waals surface area contributed by atoms with Crippen molar-refractivity contribution >= 4 is 23.2 Å². The molecule has 0 aliphatic carbocycles. The minimum Gasteiger partial charge on any atom is -0.486 e. The third-order valence-electron chi connectivity index (χ3n) is 5.71. The fraction of sp³-hybridized carbons (Fsp3) is 0.348. The Morgan fingerprint density at radius 3 is 2.69 bits per heavy atom. The molecule has 1 fully saturated rings. The maximum atomic E-state index is 12.7. The van der Waals surface area contributed by atoms with Crippen LogP contribution in [0.15, 0.2) is 47.0 Å². The van der Waals surface area contributed by atoms with E-state index in [9.17, 15) is 4.79 Å². The van der Waals surface area contributed by atoms with Crippen molar-refractivity contribution in [1.82, 2.24) is 15.0 Å². The molecule has 0 spiro atoms. The fourth-order valence-electron chi connectivity index (χ4n) is 3.98. The zero-order valence-electron chi connectivity index (χ0n) is 17.4. The minimum absolute atomic E-state index is 0.0279. The zero-order chi connectivity index (χ0) is 21.9. The predicted molar refractivity (Wildman–Crippen MR) is 119 cm³/mol. The Kier molecular flexibility index (Phi) is 5.96. The lowest BCUT2D eigenvalue weighted by Crippen LogP contribution is -2.37. The standard InChI is InChI=1S/C23H23ClN4O4/c24-18-4-2-1-3-17(18)22-26-21(32-27-22)14-28-9-7-15(8-10-28)23(29)25-16-5-6-19-20(13-16)31-12-11-30-19/h1-6,13,15H,7-12,14H2,(H,25,29). The maximum Gasteiger partial charge on any atom is 0.241 e. The third kappa shape index (κ3) is 4.56. The van der Waals surface area contributed by atoms with Crippen LogP contribution in [0, 0.1) is 5.92 Å². The monoisotopic (exact) mass is 454 g/mol. The van der Waals surface area contributed by atoms with E-state index in [2.05, 4.69) is 20.4 Å². The molecule has 2 aliphatic heterocycles. The van der Waals surface area contributed by atoms with Crippen LogP contribution in [-0.2, 0) is 11.3 Å². The molecule has 166 valence electrons. The number of likely N-dealkylation sites (tertiary alicyclic amines) is 1. The van der Waals surface area contributed by atoms with Gasteiger partial charge in [0.2, 0.25) is 17.6 Å². The number of carbonyl (C=O) groups is 1. The van der Waals surface area contributed by atoms with E-state index >= 15 is 0 Å². The van der Waals surface area contributed by atoms with Crippen molar-refractivity contribution in [1.29, 1.82) is 0 Å². The van der Waals surface area contributed by atoms with E-state index in [1.54, 1.807) is 6.07 Å². The summed E-state index contributed by atoms with van der Waals surface area (Å²) in [7, 11) is 0. The molecule has 0 bridgehead atoms. The van der Waals surface area contributed by atoms with Crippen LogP contribution >= 0.6 is 11.6 Å². The molecule has 5 rings (SSSR count). The Labute approximate surface area is 190 Å². The summed E-state index contributed by atoms with van der Waals surface area (Å²) in [5.74, 6) is 2.39. The summed E-state index contributed by atoms with van der Waals surface area (Å²) in [5.41, 5.74) is 1.47. The third-order valence-corrected chi connectivity index (χ3v) is 6.04. The average molecular weight is 455 g/mol. The molecule has 1 aromatic heterocycles. The molecule has 9 heteroatoms. The number of rotatable bonds is 5. The molecule has 0 unspecified atom stereocenters. The van der Waals surface area contributed by atoms with Gasteiger partial charge < -0.3 is 19.3 Å². The van der Waals surface area contributed by atoms with Crippen LogP contribution in [0.4, 0.5) is 5.69 Å². The topological polar surface area (TPSA) is 89.7 Å².